The molecule has 0 bridgehead atoms. The molecule has 0 aromatic rings. The van der Waals surface area contributed by atoms with Crippen LogP contribution in [0.15, 0.2) is 0 Å². The number of likely N-dealkylation sites (tertiary alicyclic amines) is 1. The second-order valence-corrected chi connectivity index (χ2v) is 5.32. The number of rotatable bonds is 5. The minimum Gasteiger partial charge on any atom is -0.385 e. The lowest BCUT2D eigenvalue weighted by Crippen LogP contribution is -2.38. The fraction of sp³-hybridized carbons (Fsp3) is 1.00. The molecule has 2 aliphatic rings. The molecule has 0 atom stereocenters. The molecule has 1 aliphatic carbocycles. The van der Waals surface area contributed by atoms with Crippen molar-refractivity contribution >= 4 is 0 Å². The third kappa shape index (κ3) is 3.46. The van der Waals surface area contributed by atoms with Crippen LogP contribution in [-0.4, -0.2) is 38.3 Å². The van der Waals surface area contributed by atoms with Crippen molar-refractivity contribution in [3.8, 4) is 0 Å². The van der Waals surface area contributed by atoms with Crippen LogP contribution in [0.2, 0.25) is 0 Å². The van der Waals surface area contributed by atoms with Gasteiger partial charge in [0.15, 0.2) is 0 Å². The van der Waals surface area contributed by atoms with Gasteiger partial charge in [-0.25, -0.2) is 0 Å². The summed E-state index contributed by atoms with van der Waals surface area (Å²) >= 11 is 0. The fourth-order valence-electron chi connectivity index (χ4n) is 2.78. The molecule has 1 heterocycles. The first-order valence-corrected chi connectivity index (χ1v) is 6.60. The molecule has 1 saturated heterocycles. The Morgan fingerprint density at radius 1 is 1.07 bits per heavy atom. The third-order valence-corrected chi connectivity index (χ3v) is 4.18. The fourth-order valence-corrected chi connectivity index (χ4v) is 2.78. The zero-order valence-electron chi connectivity index (χ0n) is 10.1. The van der Waals surface area contributed by atoms with Gasteiger partial charge in [0.1, 0.15) is 0 Å². The average Bonchev–Trinajstić information content (AvgIpc) is 2.22. The van der Waals surface area contributed by atoms with Gasteiger partial charge in [0.05, 0.1) is 0 Å². The maximum Gasteiger partial charge on any atom is 0.0464 e. The Labute approximate surface area is 94.0 Å². The van der Waals surface area contributed by atoms with Crippen LogP contribution in [0.4, 0.5) is 0 Å². The Kier molecular flexibility index (Phi) is 4.45. The normalized spacial score (nSPS) is 25.4. The Bertz CT molecular complexity index is 171. The van der Waals surface area contributed by atoms with E-state index >= 15 is 0 Å². The molecule has 1 aliphatic heterocycles. The maximum atomic E-state index is 5.15. The van der Waals surface area contributed by atoms with Gasteiger partial charge < -0.3 is 9.64 Å². The number of piperidine rings is 1. The predicted octanol–water partition coefficient (Wildman–Crippen LogP) is 2.54. The summed E-state index contributed by atoms with van der Waals surface area (Å²) in [6.45, 7) is 5.01. The first kappa shape index (κ1) is 11.4. The van der Waals surface area contributed by atoms with Crippen LogP contribution in [-0.2, 0) is 4.74 Å². The molecule has 2 heteroatoms. The van der Waals surface area contributed by atoms with Crippen LogP contribution in [0.3, 0.4) is 0 Å². The van der Waals surface area contributed by atoms with Crippen molar-refractivity contribution in [2.75, 3.05) is 33.4 Å². The average molecular weight is 211 g/mol. The highest BCUT2D eigenvalue weighted by molar-refractivity contribution is 4.78. The van der Waals surface area contributed by atoms with E-state index in [2.05, 4.69) is 4.90 Å². The second-order valence-electron chi connectivity index (χ2n) is 5.32. The molecule has 1 saturated carbocycles. The van der Waals surface area contributed by atoms with Gasteiger partial charge in [-0.05, 0) is 57.0 Å². The topological polar surface area (TPSA) is 12.5 Å². The van der Waals surface area contributed by atoms with E-state index in [9.17, 15) is 0 Å². The second kappa shape index (κ2) is 5.86. The van der Waals surface area contributed by atoms with Gasteiger partial charge in [-0.3, -0.25) is 0 Å². The molecule has 2 nitrogen and oxygen atoms in total. The summed E-state index contributed by atoms with van der Waals surface area (Å²) in [4.78, 5) is 2.69. The van der Waals surface area contributed by atoms with Crippen LogP contribution in [0, 0.1) is 11.8 Å². The van der Waals surface area contributed by atoms with Gasteiger partial charge in [-0.15, -0.1) is 0 Å². The molecule has 0 unspecified atom stereocenters. The predicted molar refractivity (Wildman–Crippen MR) is 63.0 cm³/mol. The number of hydrogen-bond donors (Lipinski definition) is 0. The highest BCUT2D eigenvalue weighted by Crippen LogP contribution is 2.29. The van der Waals surface area contributed by atoms with E-state index in [0.29, 0.717) is 0 Å². The van der Waals surface area contributed by atoms with Crippen molar-refractivity contribution in [2.24, 2.45) is 11.8 Å². The standard InChI is InChI=1S/C13H25NO/c1-15-10-7-12-5-8-14(9-6-12)11-13-3-2-4-13/h12-13H,2-11H2,1H3. The monoisotopic (exact) mass is 211 g/mol. The van der Waals surface area contributed by atoms with E-state index in [4.69, 9.17) is 4.74 Å². The number of ether oxygens (including phenoxy) is 1. The van der Waals surface area contributed by atoms with E-state index < -0.39 is 0 Å². The first-order chi connectivity index (χ1) is 7.38. The molecule has 2 fully saturated rings. The molecule has 88 valence electrons. The summed E-state index contributed by atoms with van der Waals surface area (Å²) in [7, 11) is 1.81. The quantitative estimate of drug-likeness (QED) is 0.693. The highest BCUT2D eigenvalue weighted by Gasteiger charge is 2.24. The van der Waals surface area contributed by atoms with Crippen molar-refractivity contribution in [2.45, 2.75) is 38.5 Å². The van der Waals surface area contributed by atoms with Gasteiger partial charge >= 0.3 is 0 Å². The minimum atomic E-state index is 0.933. The largest absolute Gasteiger partial charge is 0.385 e. The van der Waals surface area contributed by atoms with Crippen molar-refractivity contribution in [3.05, 3.63) is 0 Å². The molecular weight excluding hydrogens is 186 g/mol. The van der Waals surface area contributed by atoms with Crippen LogP contribution < -0.4 is 0 Å². The van der Waals surface area contributed by atoms with Crippen LogP contribution in [0.1, 0.15) is 38.5 Å². The number of hydrogen-bond acceptors (Lipinski definition) is 2. The summed E-state index contributed by atoms with van der Waals surface area (Å²) < 4.78 is 5.15. The smallest absolute Gasteiger partial charge is 0.0464 e. The van der Waals surface area contributed by atoms with Gasteiger partial charge in [-0.1, -0.05) is 6.42 Å². The summed E-state index contributed by atoms with van der Waals surface area (Å²) in [5.74, 6) is 1.98. The molecule has 0 amide bonds. The van der Waals surface area contributed by atoms with Gasteiger partial charge in [0, 0.05) is 20.3 Å². The lowest BCUT2D eigenvalue weighted by atomic mass is 9.84. The third-order valence-electron chi connectivity index (χ3n) is 4.18. The highest BCUT2D eigenvalue weighted by atomic mass is 16.5. The summed E-state index contributed by atoms with van der Waals surface area (Å²) in [5.41, 5.74) is 0. The van der Waals surface area contributed by atoms with Crippen LogP contribution >= 0.6 is 0 Å². The van der Waals surface area contributed by atoms with Crippen molar-refractivity contribution in [1.29, 1.82) is 0 Å². The molecule has 15 heavy (non-hydrogen) atoms. The lowest BCUT2D eigenvalue weighted by Gasteiger charge is -2.36. The maximum absolute atomic E-state index is 5.15. The summed E-state index contributed by atoms with van der Waals surface area (Å²) in [6, 6.07) is 0. The van der Waals surface area contributed by atoms with E-state index in [-0.39, 0.29) is 0 Å². The molecule has 0 N–H and O–H groups in total. The Morgan fingerprint density at radius 3 is 2.33 bits per heavy atom. The van der Waals surface area contributed by atoms with Gasteiger partial charge in [-0.2, -0.15) is 0 Å². The first-order valence-electron chi connectivity index (χ1n) is 6.60. The summed E-state index contributed by atoms with van der Waals surface area (Å²) in [6.07, 6.45) is 8.53. The van der Waals surface area contributed by atoms with Gasteiger partial charge in [0.25, 0.3) is 0 Å². The summed E-state index contributed by atoms with van der Waals surface area (Å²) in [5, 5.41) is 0. The van der Waals surface area contributed by atoms with E-state index in [1.54, 1.807) is 0 Å². The Hall–Kier alpha value is -0.0800. The van der Waals surface area contributed by atoms with E-state index in [1.807, 2.05) is 7.11 Å². The molecule has 0 radical (unpaired) electrons. The molecular formula is C13H25NO. The van der Waals surface area contributed by atoms with Crippen molar-refractivity contribution in [1.82, 2.24) is 4.90 Å². The van der Waals surface area contributed by atoms with Crippen molar-refractivity contribution in [3.63, 3.8) is 0 Å². The van der Waals surface area contributed by atoms with Crippen molar-refractivity contribution < 1.29 is 4.74 Å². The molecule has 2 rings (SSSR count). The zero-order chi connectivity index (χ0) is 10.5. The van der Waals surface area contributed by atoms with E-state index in [1.165, 1.54) is 58.2 Å². The zero-order valence-corrected chi connectivity index (χ0v) is 10.1. The van der Waals surface area contributed by atoms with Gasteiger partial charge in [0.2, 0.25) is 0 Å². The number of nitrogens with zero attached hydrogens (tertiary/aromatic N) is 1. The van der Waals surface area contributed by atoms with Crippen LogP contribution in [0.25, 0.3) is 0 Å². The van der Waals surface area contributed by atoms with Crippen LogP contribution in [0.5, 0.6) is 0 Å². The minimum absolute atomic E-state index is 0.933. The molecule has 0 aromatic carbocycles. The molecule has 0 spiro atoms. The van der Waals surface area contributed by atoms with E-state index in [0.717, 1.165) is 18.4 Å². The number of methoxy groups -OCH3 is 1. The SMILES string of the molecule is COCCC1CCN(CC2CCC2)CC1. The Balaban J connectivity index is 1.58. The Morgan fingerprint density at radius 2 is 1.80 bits per heavy atom. The molecule has 0 aromatic heterocycles. The lowest BCUT2D eigenvalue weighted by molar-refractivity contribution is 0.111.